The number of halogens is 3. The average molecular weight is 528 g/mol. The first-order valence-corrected chi connectivity index (χ1v) is 13.4. The van der Waals surface area contributed by atoms with E-state index in [1.165, 1.54) is 13.0 Å². The first-order valence-electron chi connectivity index (χ1n) is 11.2. The maximum atomic E-state index is 13.9. The number of fused-ring (bicyclic) bond motifs is 1. The molecule has 8 nitrogen and oxygen atoms in total. The minimum atomic E-state index is -4.19. The lowest BCUT2D eigenvalue weighted by Gasteiger charge is -2.39. The highest BCUT2D eigenvalue weighted by molar-refractivity contribution is 7.88. The van der Waals surface area contributed by atoms with E-state index >= 15 is 0 Å². The molecule has 2 aromatic rings. The topological polar surface area (TPSA) is 78.8 Å². The molecule has 12 heteroatoms. The number of imidazole rings is 1. The second-order valence-electron chi connectivity index (χ2n) is 9.17. The van der Waals surface area contributed by atoms with Crippen molar-refractivity contribution in [2.24, 2.45) is 0 Å². The van der Waals surface area contributed by atoms with E-state index in [2.05, 4.69) is 4.90 Å². The molecule has 1 aromatic carbocycles. The van der Waals surface area contributed by atoms with Gasteiger partial charge in [-0.1, -0.05) is 29.8 Å². The smallest absolute Gasteiger partial charge is 0.308 e. The van der Waals surface area contributed by atoms with Crippen molar-refractivity contribution in [2.45, 2.75) is 39.0 Å². The second kappa shape index (κ2) is 9.61. The van der Waals surface area contributed by atoms with Crippen LogP contribution in [0.1, 0.15) is 25.4 Å². The van der Waals surface area contributed by atoms with Gasteiger partial charge in [0.15, 0.2) is 0 Å². The molecular weight excluding hydrogens is 500 g/mol. The zero-order valence-corrected chi connectivity index (χ0v) is 21.4. The Kier molecular flexibility index (Phi) is 7.07. The third-order valence-corrected chi connectivity index (χ3v) is 8.06. The Bertz CT molecular complexity index is 1240. The maximum absolute atomic E-state index is 13.9. The van der Waals surface area contributed by atoms with E-state index in [1.54, 1.807) is 30.0 Å². The molecule has 190 valence electrons. The van der Waals surface area contributed by atoms with Gasteiger partial charge in [-0.2, -0.15) is 8.78 Å². The lowest BCUT2D eigenvalue weighted by Crippen LogP contribution is -2.54. The molecule has 35 heavy (non-hydrogen) atoms. The average Bonchev–Trinajstić information content (AvgIpc) is 3.10. The highest BCUT2D eigenvalue weighted by Gasteiger charge is 2.44. The van der Waals surface area contributed by atoms with Crippen molar-refractivity contribution in [1.29, 1.82) is 0 Å². The van der Waals surface area contributed by atoms with Gasteiger partial charge in [0.2, 0.25) is 15.9 Å². The number of rotatable bonds is 6. The van der Waals surface area contributed by atoms with E-state index in [0.29, 0.717) is 49.3 Å². The summed E-state index contributed by atoms with van der Waals surface area (Å²) < 4.78 is 54.4. The summed E-state index contributed by atoms with van der Waals surface area (Å²) in [5, 5.41) is 0.577. The molecule has 0 saturated carbocycles. The fraction of sp³-hybridized carbons (Fsp3) is 0.478. The Balaban J connectivity index is 1.74. The van der Waals surface area contributed by atoms with Crippen molar-refractivity contribution >= 4 is 33.6 Å². The third-order valence-electron chi connectivity index (χ3n) is 6.52. The zero-order valence-electron chi connectivity index (χ0n) is 19.8. The van der Waals surface area contributed by atoms with Crippen LogP contribution in [0.3, 0.4) is 0 Å². The van der Waals surface area contributed by atoms with Crippen LogP contribution in [-0.4, -0.2) is 82.5 Å². The monoisotopic (exact) mass is 527 g/mol. The number of piperazine rings is 1. The van der Waals surface area contributed by atoms with Gasteiger partial charge in [0.1, 0.15) is 5.82 Å². The minimum absolute atomic E-state index is 0.0143. The Labute approximate surface area is 208 Å². The number of benzene rings is 1. The van der Waals surface area contributed by atoms with Crippen LogP contribution >= 0.6 is 11.6 Å². The summed E-state index contributed by atoms with van der Waals surface area (Å²) in [6, 6.07) is 7.21. The van der Waals surface area contributed by atoms with E-state index in [-0.39, 0.29) is 16.8 Å². The van der Waals surface area contributed by atoms with Gasteiger partial charge >= 0.3 is 6.55 Å². The number of alkyl halides is 2. The van der Waals surface area contributed by atoms with Crippen LogP contribution in [-0.2, 0) is 27.9 Å². The van der Waals surface area contributed by atoms with Gasteiger partial charge in [-0.25, -0.2) is 13.4 Å². The van der Waals surface area contributed by atoms with Crippen molar-refractivity contribution in [3.05, 3.63) is 46.9 Å². The van der Waals surface area contributed by atoms with Gasteiger partial charge in [0, 0.05) is 56.8 Å². The van der Waals surface area contributed by atoms with E-state index in [9.17, 15) is 22.0 Å². The van der Waals surface area contributed by atoms with Crippen molar-refractivity contribution in [1.82, 2.24) is 23.7 Å². The van der Waals surface area contributed by atoms with Crippen LogP contribution in [0.25, 0.3) is 17.3 Å². The molecule has 4 rings (SSSR count). The summed E-state index contributed by atoms with van der Waals surface area (Å²) in [6.45, 7) is 2.79. The number of hydrogen-bond donors (Lipinski definition) is 0. The van der Waals surface area contributed by atoms with E-state index in [1.807, 2.05) is 16.7 Å². The van der Waals surface area contributed by atoms with Gasteiger partial charge in [0.05, 0.1) is 23.2 Å². The molecule has 1 aromatic heterocycles. The van der Waals surface area contributed by atoms with Gasteiger partial charge in [0.25, 0.3) is 0 Å². The molecule has 1 atom stereocenters. The third kappa shape index (κ3) is 5.28. The van der Waals surface area contributed by atoms with Gasteiger partial charge < -0.3 is 9.47 Å². The number of hydrogen-bond acceptors (Lipinski definition) is 5. The normalized spacial score (nSPS) is 21.1. The van der Waals surface area contributed by atoms with Crippen LogP contribution in [0.2, 0.25) is 5.02 Å². The molecule has 1 unspecified atom stereocenters. The summed E-state index contributed by atoms with van der Waals surface area (Å²) >= 11 is 6.07. The van der Waals surface area contributed by atoms with E-state index in [0.717, 1.165) is 17.5 Å². The molecule has 3 heterocycles. The second-order valence-corrected chi connectivity index (χ2v) is 11.5. The minimum Gasteiger partial charge on any atom is -0.340 e. The molecule has 2 aliphatic rings. The van der Waals surface area contributed by atoms with Gasteiger partial charge in [-0.3, -0.25) is 9.69 Å². The number of amides is 1. The number of carbonyl (C=O) groups excluding carboxylic acids is 1. The Morgan fingerprint density at radius 3 is 2.37 bits per heavy atom. The zero-order chi connectivity index (χ0) is 25.5. The molecule has 0 radical (unpaired) electrons. The lowest BCUT2D eigenvalue weighted by molar-refractivity contribution is -0.130. The fourth-order valence-corrected chi connectivity index (χ4v) is 6.05. The largest absolute Gasteiger partial charge is 0.340 e. The molecule has 0 bridgehead atoms. The molecular formula is C23H28ClF2N5O3S. The Morgan fingerprint density at radius 1 is 1.20 bits per heavy atom. The Morgan fingerprint density at radius 2 is 1.83 bits per heavy atom. The number of nitrogens with zero attached hydrogens (tertiary/aromatic N) is 5. The fourth-order valence-electron chi connectivity index (χ4n) is 4.76. The number of carbonyl (C=O) groups is 1. The summed E-state index contributed by atoms with van der Waals surface area (Å²) in [6.07, 6.45) is 3.86. The van der Waals surface area contributed by atoms with E-state index < -0.39 is 22.1 Å². The number of aromatic nitrogens is 2. The Hall–Kier alpha value is -2.34. The molecule has 1 saturated heterocycles. The van der Waals surface area contributed by atoms with Crippen LogP contribution in [0.5, 0.6) is 0 Å². The summed E-state index contributed by atoms with van der Waals surface area (Å²) in [7, 11) is -4.19. The van der Waals surface area contributed by atoms with E-state index in [4.69, 9.17) is 16.6 Å². The molecule has 1 amide bonds. The molecule has 2 aliphatic heterocycles. The van der Waals surface area contributed by atoms with Gasteiger partial charge in [-0.15, -0.1) is 4.31 Å². The van der Waals surface area contributed by atoms with Crippen LogP contribution < -0.4 is 0 Å². The van der Waals surface area contributed by atoms with Crippen molar-refractivity contribution in [3.63, 3.8) is 0 Å². The van der Waals surface area contributed by atoms with Crippen molar-refractivity contribution in [3.8, 4) is 11.3 Å². The van der Waals surface area contributed by atoms with Crippen molar-refractivity contribution in [2.75, 3.05) is 32.4 Å². The maximum Gasteiger partial charge on any atom is 0.308 e. The predicted molar refractivity (Wildman–Crippen MR) is 130 cm³/mol. The summed E-state index contributed by atoms with van der Waals surface area (Å²) in [4.78, 5) is 20.5. The first kappa shape index (κ1) is 25.7. The summed E-state index contributed by atoms with van der Waals surface area (Å²) in [5.41, 5.74) is 0.812. The standard InChI is InChI=1S/C23H28ClF2N5O3S/c1-16(32)29-12-10-28(11-13-29)14-19-21(17-4-6-18(24)7-5-17)27-20-8-9-23(2,15-30(19)20)31(22(25)26)35(3,33)34/h4-9,22H,10-15H2,1-3H3. The van der Waals surface area contributed by atoms with Crippen LogP contribution in [0, 0.1) is 0 Å². The molecule has 0 N–H and O–H groups in total. The predicted octanol–water partition coefficient (Wildman–Crippen LogP) is 3.14. The quantitative estimate of drug-likeness (QED) is 0.539. The lowest BCUT2D eigenvalue weighted by atomic mass is 9.98. The van der Waals surface area contributed by atoms with Crippen molar-refractivity contribution < 1.29 is 22.0 Å². The highest BCUT2D eigenvalue weighted by Crippen LogP contribution is 2.35. The first-order chi connectivity index (χ1) is 16.4. The van der Waals surface area contributed by atoms with Crippen LogP contribution in [0.4, 0.5) is 8.78 Å². The molecule has 1 fully saturated rings. The SMILES string of the molecule is CC(=O)N1CCN(Cc2c(-c3ccc(Cl)cc3)nc3n2CC(C)(N(C(F)F)S(C)(=O)=O)C=C3)CC1. The van der Waals surface area contributed by atoms with Gasteiger partial charge in [-0.05, 0) is 25.1 Å². The van der Waals surface area contributed by atoms with Crippen LogP contribution in [0.15, 0.2) is 30.3 Å². The highest BCUT2D eigenvalue weighted by atomic mass is 35.5. The summed E-state index contributed by atoms with van der Waals surface area (Å²) in [5.74, 6) is 0.592. The number of sulfonamides is 1. The molecule has 0 aliphatic carbocycles. The molecule has 0 spiro atoms.